The Hall–Kier alpha value is -0.810. The summed E-state index contributed by atoms with van der Waals surface area (Å²) in [5.41, 5.74) is 0. The Labute approximate surface area is 128 Å². The SMILES string of the molecule is CCCNC(CCC)C(CC)S(=O)c1ccc(F)c(F)c1. The van der Waals surface area contributed by atoms with Gasteiger partial charge in [-0.25, -0.2) is 8.78 Å². The highest BCUT2D eigenvalue weighted by atomic mass is 32.2. The van der Waals surface area contributed by atoms with E-state index in [1.807, 2.05) is 6.92 Å². The fourth-order valence-electron chi connectivity index (χ4n) is 2.42. The van der Waals surface area contributed by atoms with Crippen LogP contribution in [-0.4, -0.2) is 22.0 Å². The van der Waals surface area contributed by atoms with Crippen LogP contribution in [0.2, 0.25) is 0 Å². The molecule has 21 heavy (non-hydrogen) atoms. The van der Waals surface area contributed by atoms with Gasteiger partial charge in [0, 0.05) is 10.9 Å². The van der Waals surface area contributed by atoms with Crippen molar-refractivity contribution in [2.24, 2.45) is 0 Å². The number of halogens is 2. The second-order valence-corrected chi connectivity index (χ2v) is 6.84. The predicted molar refractivity (Wildman–Crippen MR) is 83.8 cm³/mol. The molecule has 0 heterocycles. The summed E-state index contributed by atoms with van der Waals surface area (Å²) in [5.74, 6) is -1.85. The Morgan fingerprint density at radius 2 is 1.86 bits per heavy atom. The zero-order chi connectivity index (χ0) is 15.8. The van der Waals surface area contributed by atoms with Gasteiger partial charge in [0.1, 0.15) is 0 Å². The fraction of sp³-hybridized carbons (Fsp3) is 0.625. The van der Waals surface area contributed by atoms with Gasteiger partial charge in [-0.2, -0.15) is 0 Å². The summed E-state index contributed by atoms with van der Waals surface area (Å²) in [6.45, 7) is 7.03. The van der Waals surface area contributed by atoms with E-state index in [1.54, 1.807) is 0 Å². The van der Waals surface area contributed by atoms with Crippen molar-refractivity contribution in [3.63, 3.8) is 0 Å². The molecule has 3 atom stereocenters. The lowest BCUT2D eigenvalue weighted by Crippen LogP contribution is -2.42. The third-order valence-electron chi connectivity index (χ3n) is 3.51. The average molecular weight is 317 g/mol. The summed E-state index contributed by atoms with van der Waals surface area (Å²) in [5, 5.41) is 3.34. The van der Waals surface area contributed by atoms with Gasteiger partial charge in [0.25, 0.3) is 0 Å². The molecular weight excluding hydrogens is 292 g/mol. The summed E-state index contributed by atoms with van der Waals surface area (Å²) in [4.78, 5) is 0.361. The third kappa shape index (κ3) is 5.15. The van der Waals surface area contributed by atoms with Gasteiger partial charge in [0.2, 0.25) is 0 Å². The smallest absolute Gasteiger partial charge is 0.160 e. The van der Waals surface area contributed by atoms with Crippen LogP contribution in [0.25, 0.3) is 0 Å². The standard InChI is InChI=1S/C16H25F2NOS/c1-4-7-15(19-10-5-2)16(6-3)21(20)12-8-9-13(17)14(18)11-12/h8-9,11,15-16,19H,4-7,10H2,1-3H3. The lowest BCUT2D eigenvalue weighted by Gasteiger charge is -2.26. The molecule has 1 rings (SSSR count). The lowest BCUT2D eigenvalue weighted by atomic mass is 10.1. The first-order valence-corrected chi connectivity index (χ1v) is 8.85. The van der Waals surface area contributed by atoms with Gasteiger partial charge in [0.15, 0.2) is 11.6 Å². The largest absolute Gasteiger partial charge is 0.313 e. The zero-order valence-electron chi connectivity index (χ0n) is 13.0. The van der Waals surface area contributed by atoms with Crippen LogP contribution in [0.15, 0.2) is 23.1 Å². The van der Waals surface area contributed by atoms with E-state index in [-0.39, 0.29) is 11.3 Å². The molecule has 1 aromatic carbocycles. The maximum absolute atomic E-state index is 13.3. The van der Waals surface area contributed by atoms with Gasteiger partial charge in [-0.3, -0.25) is 4.21 Å². The molecule has 0 aromatic heterocycles. The predicted octanol–water partition coefficient (Wildman–Crippen LogP) is 4.02. The maximum Gasteiger partial charge on any atom is 0.160 e. The first kappa shape index (κ1) is 18.2. The first-order chi connectivity index (χ1) is 10.0. The Kier molecular flexibility index (Phi) is 8.04. The highest BCUT2D eigenvalue weighted by Crippen LogP contribution is 2.21. The van der Waals surface area contributed by atoms with Gasteiger partial charge >= 0.3 is 0 Å². The molecule has 1 aromatic rings. The van der Waals surface area contributed by atoms with Crippen molar-refractivity contribution in [2.45, 2.75) is 62.6 Å². The van der Waals surface area contributed by atoms with Crippen molar-refractivity contribution in [3.05, 3.63) is 29.8 Å². The second-order valence-electron chi connectivity index (χ2n) is 5.17. The molecule has 0 bridgehead atoms. The van der Waals surface area contributed by atoms with E-state index in [0.717, 1.165) is 44.4 Å². The monoisotopic (exact) mass is 317 g/mol. The van der Waals surface area contributed by atoms with Crippen LogP contribution >= 0.6 is 0 Å². The molecule has 3 unspecified atom stereocenters. The van der Waals surface area contributed by atoms with Crippen LogP contribution in [0.3, 0.4) is 0 Å². The molecule has 0 fully saturated rings. The molecule has 0 saturated carbocycles. The fourth-order valence-corrected chi connectivity index (χ4v) is 4.03. The zero-order valence-corrected chi connectivity index (χ0v) is 13.8. The minimum absolute atomic E-state index is 0.0960. The van der Waals surface area contributed by atoms with E-state index in [2.05, 4.69) is 19.2 Å². The highest BCUT2D eigenvalue weighted by Gasteiger charge is 2.26. The van der Waals surface area contributed by atoms with Crippen LogP contribution in [0.5, 0.6) is 0 Å². The van der Waals surface area contributed by atoms with Crippen LogP contribution in [-0.2, 0) is 10.8 Å². The van der Waals surface area contributed by atoms with Crippen molar-refractivity contribution < 1.29 is 13.0 Å². The summed E-state index contributed by atoms with van der Waals surface area (Å²) < 4.78 is 39.0. The summed E-state index contributed by atoms with van der Waals surface area (Å²) in [6, 6.07) is 3.65. The molecule has 5 heteroatoms. The van der Waals surface area contributed by atoms with Gasteiger partial charge in [0.05, 0.1) is 16.0 Å². The van der Waals surface area contributed by atoms with Crippen molar-refractivity contribution in [3.8, 4) is 0 Å². The minimum Gasteiger partial charge on any atom is -0.313 e. The van der Waals surface area contributed by atoms with Crippen LogP contribution < -0.4 is 5.32 Å². The molecule has 120 valence electrons. The van der Waals surface area contributed by atoms with E-state index in [4.69, 9.17) is 0 Å². The first-order valence-electron chi connectivity index (χ1n) is 7.64. The number of rotatable bonds is 9. The number of benzene rings is 1. The van der Waals surface area contributed by atoms with E-state index < -0.39 is 22.4 Å². The Balaban J connectivity index is 2.93. The number of hydrogen-bond acceptors (Lipinski definition) is 2. The van der Waals surface area contributed by atoms with Crippen molar-refractivity contribution in [2.75, 3.05) is 6.54 Å². The second kappa shape index (κ2) is 9.26. The molecule has 0 saturated heterocycles. The van der Waals surface area contributed by atoms with E-state index in [9.17, 15) is 13.0 Å². The van der Waals surface area contributed by atoms with E-state index in [1.165, 1.54) is 6.07 Å². The minimum atomic E-state index is -1.34. The van der Waals surface area contributed by atoms with Gasteiger partial charge in [-0.15, -0.1) is 0 Å². The van der Waals surface area contributed by atoms with Crippen molar-refractivity contribution >= 4 is 10.8 Å². The third-order valence-corrected chi connectivity index (χ3v) is 5.44. The summed E-state index contributed by atoms with van der Waals surface area (Å²) in [6.07, 6.45) is 3.65. The maximum atomic E-state index is 13.3. The molecule has 0 amide bonds. The van der Waals surface area contributed by atoms with Gasteiger partial charge in [-0.1, -0.05) is 27.2 Å². The van der Waals surface area contributed by atoms with Gasteiger partial charge < -0.3 is 5.32 Å². The van der Waals surface area contributed by atoms with E-state index in [0.29, 0.717) is 4.90 Å². The van der Waals surface area contributed by atoms with Crippen LogP contribution in [0.1, 0.15) is 46.5 Å². The molecular formula is C16H25F2NOS. The molecule has 1 N–H and O–H groups in total. The van der Waals surface area contributed by atoms with Gasteiger partial charge in [-0.05, 0) is 44.0 Å². The normalized spacial score (nSPS) is 15.7. The summed E-state index contributed by atoms with van der Waals surface area (Å²) in [7, 11) is -1.34. The average Bonchev–Trinajstić information content (AvgIpc) is 2.48. The number of nitrogens with one attached hydrogen (secondary N) is 1. The highest BCUT2D eigenvalue weighted by molar-refractivity contribution is 7.85. The molecule has 2 nitrogen and oxygen atoms in total. The lowest BCUT2D eigenvalue weighted by molar-refractivity contribution is 0.447. The Bertz CT molecular complexity index is 468. The molecule has 0 radical (unpaired) electrons. The quantitative estimate of drug-likeness (QED) is 0.745. The van der Waals surface area contributed by atoms with E-state index >= 15 is 0 Å². The topological polar surface area (TPSA) is 29.1 Å². The molecule has 0 aliphatic rings. The molecule has 0 spiro atoms. The molecule has 0 aliphatic carbocycles. The van der Waals surface area contributed by atoms with Crippen molar-refractivity contribution in [1.82, 2.24) is 5.32 Å². The number of hydrogen-bond donors (Lipinski definition) is 1. The van der Waals surface area contributed by atoms with Crippen LogP contribution in [0.4, 0.5) is 8.78 Å². The summed E-state index contributed by atoms with van der Waals surface area (Å²) >= 11 is 0. The van der Waals surface area contributed by atoms with Crippen molar-refractivity contribution in [1.29, 1.82) is 0 Å². The van der Waals surface area contributed by atoms with Crippen LogP contribution in [0, 0.1) is 11.6 Å². The Morgan fingerprint density at radius 3 is 2.38 bits per heavy atom. The Morgan fingerprint density at radius 1 is 1.14 bits per heavy atom. The molecule has 0 aliphatic heterocycles.